The van der Waals surface area contributed by atoms with Gasteiger partial charge in [0.15, 0.2) is 0 Å². The van der Waals surface area contributed by atoms with Crippen LogP contribution in [0.1, 0.15) is 5.56 Å². The van der Waals surface area contributed by atoms with Gasteiger partial charge in [0.2, 0.25) is 0 Å². The number of para-hydroxylation sites is 1. The fourth-order valence-corrected chi connectivity index (χ4v) is 3.16. The van der Waals surface area contributed by atoms with Gasteiger partial charge >= 0.3 is 6.18 Å². The van der Waals surface area contributed by atoms with Gasteiger partial charge in [0, 0.05) is 6.07 Å². The number of nitrogens with zero attached hydrogens (tertiary/aromatic N) is 1. The summed E-state index contributed by atoms with van der Waals surface area (Å²) in [6.07, 6.45) is -3.90. The number of piperazine rings is 1. The van der Waals surface area contributed by atoms with E-state index in [1.54, 1.807) is 0 Å². The number of pyridine rings is 1. The molecule has 8 heteroatoms. The van der Waals surface area contributed by atoms with E-state index in [9.17, 15) is 18.3 Å². The highest BCUT2D eigenvalue weighted by molar-refractivity contribution is 5.34. The highest BCUT2D eigenvalue weighted by Gasteiger charge is 2.33. The van der Waals surface area contributed by atoms with Crippen molar-refractivity contribution in [3.63, 3.8) is 0 Å². The van der Waals surface area contributed by atoms with Gasteiger partial charge in [-0.3, -0.25) is 4.90 Å². The lowest BCUT2D eigenvalue weighted by Gasteiger charge is -2.29. The molecule has 2 heterocycles. The third-order valence-corrected chi connectivity index (χ3v) is 4.64. The van der Waals surface area contributed by atoms with Crippen molar-refractivity contribution in [1.29, 1.82) is 0 Å². The average molecular weight is 383 g/mol. The Bertz CT molecular complexity index is 702. The number of aromatic amines is 1. The predicted molar refractivity (Wildman–Crippen MR) is 93.7 cm³/mol. The largest absolute Gasteiger partial charge is 0.491 e. The molecule has 1 aliphatic heterocycles. The van der Waals surface area contributed by atoms with Crippen molar-refractivity contribution in [2.75, 3.05) is 44.2 Å². The van der Waals surface area contributed by atoms with Crippen LogP contribution in [0.15, 0.2) is 48.7 Å². The van der Waals surface area contributed by atoms with Crippen molar-refractivity contribution < 1.29 is 32.9 Å². The van der Waals surface area contributed by atoms with Crippen LogP contribution in [-0.2, 0) is 6.18 Å². The number of aromatic nitrogens is 1. The minimum atomic E-state index is -4.34. The van der Waals surface area contributed by atoms with Crippen molar-refractivity contribution in [2.45, 2.75) is 12.3 Å². The molecule has 0 bridgehead atoms. The summed E-state index contributed by atoms with van der Waals surface area (Å²) in [5.74, 6) is 1.41. The fraction of sp³-hybridized carbons (Fsp3) is 0.421. The summed E-state index contributed by atoms with van der Waals surface area (Å²) < 4.78 is 43.5. The van der Waals surface area contributed by atoms with E-state index in [2.05, 4.69) is 4.98 Å². The second-order valence-corrected chi connectivity index (χ2v) is 6.68. The molecule has 3 rings (SSSR count). The van der Waals surface area contributed by atoms with E-state index in [-0.39, 0.29) is 6.61 Å². The second-order valence-electron chi connectivity index (χ2n) is 6.68. The Morgan fingerprint density at radius 1 is 1.11 bits per heavy atom. The molecule has 0 aliphatic carbocycles. The van der Waals surface area contributed by atoms with E-state index in [0.29, 0.717) is 25.5 Å². The lowest BCUT2D eigenvalue weighted by Crippen LogP contribution is -3.16. The number of aliphatic hydroxyl groups excluding tert-OH is 1. The van der Waals surface area contributed by atoms with Gasteiger partial charge in [-0.2, -0.15) is 13.2 Å². The third kappa shape index (κ3) is 5.58. The second kappa shape index (κ2) is 8.58. The van der Waals surface area contributed by atoms with Crippen LogP contribution in [0.5, 0.6) is 5.75 Å². The summed E-state index contributed by atoms with van der Waals surface area (Å²) in [6, 6.07) is 11.9. The Morgan fingerprint density at radius 3 is 2.41 bits per heavy atom. The average Bonchev–Trinajstić information content (AvgIpc) is 2.67. The zero-order valence-electron chi connectivity index (χ0n) is 14.9. The predicted octanol–water partition coefficient (Wildman–Crippen LogP) is 0.664. The zero-order chi connectivity index (χ0) is 19.3. The number of H-pyrrole nitrogens is 1. The summed E-state index contributed by atoms with van der Waals surface area (Å²) in [5.41, 5.74) is -0.683. The number of anilines is 1. The number of quaternary nitrogens is 1. The van der Waals surface area contributed by atoms with Gasteiger partial charge in [0.05, 0.1) is 5.56 Å². The molecular formula is C19H24F3N3O2+2. The van der Waals surface area contributed by atoms with Gasteiger partial charge in [-0.25, -0.2) is 4.98 Å². The number of hydrogen-bond donors (Lipinski definition) is 2. The molecule has 0 radical (unpaired) electrons. The fourth-order valence-electron chi connectivity index (χ4n) is 3.16. The van der Waals surface area contributed by atoms with Crippen molar-refractivity contribution >= 4 is 5.82 Å². The smallest absolute Gasteiger partial charge is 0.419 e. The lowest BCUT2D eigenvalue weighted by molar-refractivity contribution is -0.903. The van der Waals surface area contributed by atoms with E-state index >= 15 is 0 Å². The molecule has 1 fully saturated rings. The maximum Gasteiger partial charge on any atom is 0.419 e. The van der Waals surface area contributed by atoms with Gasteiger partial charge < -0.3 is 14.7 Å². The van der Waals surface area contributed by atoms with Gasteiger partial charge in [0.1, 0.15) is 57.4 Å². The van der Waals surface area contributed by atoms with E-state index in [0.717, 1.165) is 31.1 Å². The number of aliphatic hydroxyl groups is 1. The van der Waals surface area contributed by atoms with Crippen LogP contribution in [0.25, 0.3) is 0 Å². The summed E-state index contributed by atoms with van der Waals surface area (Å²) >= 11 is 0. The molecular weight excluding hydrogens is 359 g/mol. The Labute approximate surface area is 156 Å². The summed E-state index contributed by atoms with van der Waals surface area (Å²) in [6.45, 7) is 3.85. The Hall–Kier alpha value is -2.32. The van der Waals surface area contributed by atoms with E-state index in [4.69, 9.17) is 4.74 Å². The molecule has 0 saturated carbocycles. The Morgan fingerprint density at radius 2 is 1.81 bits per heavy atom. The topological polar surface area (TPSA) is 51.3 Å². The van der Waals surface area contributed by atoms with Crippen LogP contribution < -0.4 is 19.5 Å². The minimum absolute atomic E-state index is 0.240. The van der Waals surface area contributed by atoms with E-state index in [1.165, 1.54) is 11.0 Å². The van der Waals surface area contributed by atoms with Crippen molar-refractivity contribution in [2.24, 2.45) is 0 Å². The monoisotopic (exact) mass is 383 g/mol. The molecule has 0 unspecified atom stereocenters. The highest BCUT2D eigenvalue weighted by Crippen LogP contribution is 2.28. The number of rotatable bonds is 6. The first kappa shape index (κ1) is 19.4. The first-order valence-electron chi connectivity index (χ1n) is 8.95. The van der Waals surface area contributed by atoms with Crippen molar-refractivity contribution in [3.05, 3.63) is 54.2 Å². The Kier molecular flexibility index (Phi) is 6.18. The quantitative estimate of drug-likeness (QED) is 0.771. The van der Waals surface area contributed by atoms with Crippen LogP contribution in [-0.4, -0.2) is 50.5 Å². The van der Waals surface area contributed by atoms with Crippen molar-refractivity contribution in [1.82, 2.24) is 0 Å². The molecule has 1 aliphatic rings. The van der Waals surface area contributed by atoms with Gasteiger partial charge in [-0.15, -0.1) is 0 Å². The number of hydrogen-bond acceptors (Lipinski definition) is 3. The number of ether oxygens (including phenoxy) is 1. The molecule has 1 aromatic carbocycles. The minimum Gasteiger partial charge on any atom is -0.491 e. The maximum absolute atomic E-state index is 12.6. The number of nitrogens with one attached hydrogen (secondary N) is 2. The van der Waals surface area contributed by atoms with Gasteiger partial charge in [0.25, 0.3) is 5.82 Å². The van der Waals surface area contributed by atoms with Crippen LogP contribution in [0.2, 0.25) is 0 Å². The van der Waals surface area contributed by atoms with Crippen LogP contribution in [0, 0.1) is 0 Å². The first-order valence-corrected chi connectivity index (χ1v) is 8.95. The number of benzene rings is 1. The third-order valence-electron chi connectivity index (χ3n) is 4.64. The number of halogens is 3. The summed E-state index contributed by atoms with van der Waals surface area (Å²) in [7, 11) is 0. The van der Waals surface area contributed by atoms with Crippen LogP contribution >= 0.6 is 0 Å². The summed E-state index contributed by atoms with van der Waals surface area (Å²) in [4.78, 5) is 6.01. The molecule has 1 aromatic heterocycles. The highest BCUT2D eigenvalue weighted by atomic mass is 19.4. The van der Waals surface area contributed by atoms with Gasteiger partial charge in [-0.1, -0.05) is 18.2 Å². The van der Waals surface area contributed by atoms with E-state index in [1.807, 2.05) is 35.2 Å². The SMILES string of the molecule is O[C@H](COc1ccccc1)C[NH+]1CCN(c2ccc(C(F)(F)F)c[nH+]2)CC1. The van der Waals surface area contributed by atoms with E-state index < -0.39 is 17.8 Å². The molecule has 0 amide bonds. The molecule has 146 valence electrons. The first-order chi connectivity index (χ1) is 12.9. The molecule has 1 atom stereocenters. The lowest BCUT2D eigenvalue weighted by atomic mass is 10.2. The summed E-state index contributed by atoms with van der Waals surface area (Å²) in [5, 5.41) is 10.2. The molecule has 1 saturated heterocycles. The Balaban J connectivity index is 1.43. The number of alkyl halides is 3. The molecule has 3 N–H and O–H groups in total. The van der Waals surface area contributed by atoms with Crippen LogP contribution in [0.3, 0.4) is 0 Å². The molecule has 5 nitrogen and oxygen atoms in total. The molecule has 27 heavy (non-hydrogen) atoms. The maximum atomic E-state index is 12.6. The zero-order valence-corrected chi connectivity index (χ0v) is 14.9. The standard InChI is InChI=1S/C19H22F3N3O2/c20-19(21,22)15-6-7-18(23-12-15)25-10-8-24(9-11-25)13-16(26)14-27-17-4-2-1-3-5-17/h1-7,12,16,26H,8-11,13-14H2/p+2/t16-/m0/s1. The molecule has 0 spiro atoms. The molecule has 2 aromatic rings. The van der Waals surface area contributed by atoms with Crippen molar-refractivity contribution in [3.8, 4) is 5.75 Å². The van der Waals surface area contributed by atoms with Crippen LogP contribution in [0.4, 0.5) is 19.0 Å². The van der Waals surface area contributed by atoms with Gasteiger partial charge in [-0.05, 0) is 18.2 Å². The normalized spacial score (nSPS) is 17.0.